The Balaban J connectivity index is 0.000000120. The molecular formula is C111H123N17O10S3. The normalized spacial score (nSPS) is 16.0. The number of piperazine rings is 1. The van der Waals surface area contributed by atoms with Crippen LogP contribution in [0.2, 0.25) is 0 Å². The molecule has 4 saturated carbocycles. The summed E-state index contributed by atoms with van der Waals surface area (Å²) in [7, 11) is 0. The number of thiophene rings is 3. The number of rotatable bonds is 22. The van der Waals surface area contributed by atoms with E-state index in [4.69, 9.17) is 55.6 Å². The highest BCUT2D eigenvalue weighted by molar-refractivity contribution is 7.14. The van der Waals surface area contributed by atoms with Crippen LogP contribution in [0.5, 0.6) is 0 Å². The number of nitrogens with one attached hydrogen (secondary N) is 3. The van der Waals surface area contributed by atoms with Gasteiger partial charge in [0.2, 0.25) is 0 Å². The number of Topliss-reactive ketones (excluding diaryl/α,β-unsaturated/α-hetero) is 2. The Labute approximate surface area is 834 Å². The first-order valence-corrected chi connectivity index (χ1v) is 52.3. The van der Waals surface area contributed by atoms with Gasteiger partial charge in [0.1, 0.15) is 34.5 Å². The van der Waals surface area contributed by atoms with E-state index in [0.29, 0.717) is 80.8 Å². The van der Waals surface area contributed by atoms with E-state index in [0.717, 1.165) is 239 Å². The average molecular weight is 1950 g/mol. The summed E-state index contributed by atoms with van der Waals surface area (Å²) in [6, 6.07) is 44.6. The largest absolute Gasteiger partial charge is 0.478 e. The lowest BCUT2D eigenvalue weighted by molar-refractivity contribution is 0.0524. The SMILES string of the molecule is CC(C)(C)OC(=O)Nc1ccc(-c2cccs2)cc1CC(=O)c1cc(C2CC2)c2nc(N3CCCCC3)cnc2c1.CC(C)(C)OC(=O)Nc1ccc(-c2cccs2)cc1N.CCOC(=O)c1cc(C2CC2)c2nc(N3CCCCC3)cnc2c1.Nc1ccc(-c2cccs2)cc1CC(=O)c1cc(C2CC2)c2nc(N3CCNCC3)cnc2c1.O=C(O)c1cc(C2CC2)c2nc(N3CCCCC3)cnc2c1. The number of nitrogens with two attached hydrogens (primary N) is 2. The van der Waals surface area contributed by atoms with Crippen LogP contribution in [0.4, 0.5) is 55.6 Å². The number of nitrogen functional groups attached to an aromatic ring is 2. The monoisotopic (exact) mass is 1950 g/mol. The van der Waals surface area contributed by atoms with Crippen LogP contribution in [0.15, 0.2) is 180 Å². The van der Waals surface area contributed by atoms with E-state index < -0.39 is 29.4 Å². The van der Waals surface area contributed by atoms with Crippen LogP contribution >= 0.6 is 34.0 Å². The third-order valence-electron chi connectivity index (χ3n) is 26.3. The van der Waals surface area contributed by atoms with Crippen LogP contribution in [-0.4, -0.2) is 164 Å². The van der Waals surface area contributed by atoms with Crippen LogP contribution < -0.4 is 47.0 Å². The maximum absolute atomic E-state index is 13.8. The quantitative estimate of drug-likeness (QED) is 0.0159. The van der Waals surface area contributed by atoms with Crippen molar-refractivity contribution < 1.29 is 48.1 Å². The molecular weight excluding hydrogens is 1830 g/mol. The molecule has 0 spiro atoms. The lowest BCUT2D eigenvalue weighted by atomic mass is 9.96. The molecule has 7 aromatic carbocycles. The molecule has 30 heteroatoms. The van der Waals surface area contributed by atoms with Gasteiger partial charge in [-0.1, -0.05) is 36.4 Å². The van der Waals surface area contributed by atoms with Gasteiger partial charge in [-0.2, -0.15) is 0 Å². The molecule has 730 valence electrons. The van der Waals surface area contributed by atoms with Crippen molar-refractivity contribution >= 4 is 160 Å². The van der Waals surface area contributed by atoms with Crippen molar-refractivity contribution in [2.75, 3.05) is 114 Å². The number of aromatic nitrogens is 8. The van der Waals surface area contributed by atoms with Crippen molar-refractivity contribution in [3.8, 4) is 31.3 Å². The zero-order valence-corrected chi connectivity index (χ0v) is 83.7. The summed E-state index contributed by atoms with van der Waals surface area (Å²) >= 11 is 4.96. The van der Waals surface area contributed by atoms with E-state index >= 15 is 0 Å². The molecule has 7 aromatic heterocycles. The molecule has 0 atom stereocenters. The van der Waals surface area contributed by atoms with Gasteiger partial charge >= 0.3 is 24.1 Å². The molecule has 27 nitrogen and oxygen atoms in total. The first-order chi connectivity index (χ1) is 68.2. The van der Waals surface area contributed by atoms with E-state index in [2.05, 4.69) is 69.1 Å². The van der Waals surface area contributed by atoms with E-state index in [9.17, 15) is 33.9 Å². The van der Waals surface area contributed by atoms with Gasteiger partial charge in [0, 0.05) is 115 Å². The number of carboxylic acid groups (broad SMARTS) is 1. The minimum absolute atomic E-state index is 0.0220. The Morgan fingerprint density at radius 1 is 0.404 bits per heavy atom. The van der Waals surface area contributed by atoms with E-state index in [1.807, 2.05) is 181 Å². The number of hydrogen-bond acceptors (Lipinski definition) is 27. The van der Waals surface area contributed by atoms with Crippen molar-refractivity contribution in [1.29, 1.82) is 0 Å². The maximum atomic E-state index is 13.8. The van der Waals surface area contributed by atoms with Gasteiger partial charge in [-0.15, -0.1) is 34.0 Å². The lowest BCUT2D eigenvalue weighted by Crippen LogP contribution is -2.43. The number of piperidine rings is 3. The highest BCUT2D eigenvalue weighted by Gasteiger charge is 2.35. The van der Waals surface area contributed by atoms with E-state index in [1.165, 1.54) is 62.7 Å². The van der Waals surface area contributed by atoms with Crippen LogP contribution in [0.3, 0.4) is 0 Å². The number of nitrogens with zero attached hydrogens (tertiary/aromatic N) is 12. The number of anilines is 8. The molecule has 8 fully saturated rings. The number of esters is 1. The Hall–Kier alpha value is -13.4. The van der Waals surface area contributed by atoms with Gasteiger partial charge in [0.15, 0.2) is 11.6 Å². The van der Waals surface area contributed by atoms with Gasteiger partial charge < -0.3 is 55.7 Å². The molecule has 8 aliphatic rings. The third kappa shape index (κ3) is 25.1. The van der Waals surface area contributed by atoms with Crippen molar-refractivity contribution in [3.05, 3.63) is 236 Å². The summed E-state index contributed by atoms with van der Waals surface area (Å²) in [6.45, 7) is 23.1. The van der Waals surface area contributed by atoms with Crippen LogP contribution in [-0.2, 0) is 27.1 Å². The second-order valence-corrected chi connectivity index (χ2v) is 42.5. The number of carboxylic acids is 1. The molecule has 2 amide bonds. The second-order valence-electron chi connectivity index (χ2n) is 39.6. The maximum Gasteiger partial charge on any atom is 0.412 e. The topological polar surface area (TPSA) is 355 Å². The number of amides is 2. The smallest absolute Gasteiger partial charge is 0.412 e. The molecule has 0 bridgehead atoms. The molecule has 22 rings (SSSR count). The number of hydrogen-bond donors (Lipinski definition) is 6. The highest BCUT2D eigenvalue weighted by Crippen LogP contribution is 2.48. The van der Waals surface area contributed by atoms with Crippen LogP contribution in [0, 0.1) is 0 Å². The van der Waals surface area contributed by atoms with Crippen LogP contribution in [0.1, 0.15) is 256 Å². The van der Waals surface area contributed by atoms with Gasteiger partial charge in [0.05, 0.1) is 98.0 Å². The van der Waals surface area contributed by atoms with Crippen molar-refractivity contribution in [2.24, 2.45) is 0 Å². The molecule has 4 saturated heterocycles. The summed E-state index contributed by atoms with van der Waals surface area (Å²) in [4.78, 5) is 126. The zero-order valence-electron chi connectivity index (χ0n) is 81.2. The summed E-state index contributed by atoms with van der Waals surface area (Å²) in [5, 5.41) is 24.3. The van der Waals surface area contributed by atoms with Gasteiger partial charge in [-0.3, -0.25) is 40.2 Å². The average Bonchev–Trinajstić information content (AvgIpc) is 1.28. The number of benzene rings is 7. The summed E-state index contributed by atoms with van der Waals surface area (Å²) in [5.41, 5.74) is 31.6. The number of carbonyl (C=O) groups is 6. The first kappa shape index (κ1) is 97.8. The van der Waals surface area contributed by atoms with Gasteiger partial charge in [-0.25, -0.2) is 39.1 Å². The summed E-state index contributed by atoms with van der Waals surface area (Å²) < 4.78 is 15.8. The molecule has 4 aliphatic heterocycles. The van der Waals surface area contributed by atoms with Gasteiger partial charge in [0.25, 0.3) is 0 Å². The third-order valence-corrected chi connectivity index (χ3v) is 29.1. The Bertz CT molecular complexity index is 6890. The fourth-order valence-corrected chi connectivity index (χ4v) is 20.6. The Kier molecular flexibility index (Phi) is 30.4. The number of carbonyl (C=O) groups excluding carboxylic acids is 5. The number of fused-ring (bicyclic) bond motifs is 4. The fraction of sp³-hybridized carbons (Fsp3) is 0.387. The molecule has 8 N–H and O–H groups in total. The highest BCUT2D eigenvalue weighted by atomic mass is 32.1. The molecule has 0 unspecified atom stereocenters. The molecule has 11 heterocycles. The Morgan fingerprint density at radius 3 is 1.11 bits per heavy atom. The van der Waals surface area contributed by atoms with Crippen LogP contribution in [0.25, 0.3) is 75.5 Å². The molecule has 4 aliphatic carbocycles. The lowest BCUT2D eigenvalue weighted by Gasteiger charge is -2.28. The minimum atomic E-state index is -0.897. The minimum Gasteiger partial charge on any atom is -0.478 e. The molecule has 141 heavy (non-hydrogen) atoms. The predicted octanol–water partition coefficient (Wildman–Crippen LogP) is 23.9. The fourth-order valence-electron chi connectivity index (χ4n) is 18.5. The summed E-state index contributed by atoms with van der Waals surface area (Å²) in [6.07, 6.45) is 26.8. The molecule has 0 radical (unpaired) electrons. The Morgan fingerprint density at radius 2 is 0.745 bits per heavy atom. The van der Waals surface area contributed by atoms with E-state index in [1.54, 1.807) is 58.4 Å². The van der Waals surface area contributed by atoms with E-state index in [-0.39, 0.29) is 30.4 Å². The number of ketones is 2. The summed E-state index contributed by atoms with van der Waals surface area (Å²) in [5.74, 6) is 4.46. The first-order valence-electron chi connectivity index (χ1n) is 49.6. The predicted molar refractivity (Wildman–Crippen MR) is 566 cm³/mol. The second kappa shape index (κ2) is 43.8. The number of ether oxygens (including phenoxy) is 3. The van der Waals surface area contributed by atoms with Crippen molar-refractivity contribution in [1.82, 2.24) is 45.2 Å². The molecule has 14 aromatic rings. The zero-order chi connectivity index (χ0) is 98.0. The number of aromatic carboxylic acids is 1. The van der Waals surface area contributed by atoms with Crippen molar-refractivity contribution in [3.63, 3.8) is 0 Å². The van der Waals surface area contributed by atoms with Crippen molar-refractivity contribution in [2.45, 2.75) is 205 Å². The standard InChI is InChI=1S/C33H36N4O3S.C27H27N5OS.C19H23N3O2.C17H19N3O2.C15H18N2O2S/c1-33(2,3)40-32(39)35-26-12-11-22(29-8-7-15-41-29)16-23(26)19-28(38)24-17-25(21-9-10-21)31-27(18-24)34-20-30(36-31)37-13-5-4-6-14-37;28-22-6-5-18(25-2-1-11-34-25)12-19(22)15-24(33)20-13-21(17-3-4-17)27-23(14-20)30-16-26(31-27)32-9-7-29-8-10-32;1-2-24-19(23)14-10-15(13-6-7-13)18-16(11-14)20-12-17(21-18)22-8-4-3-5-9-22;21-17(22)12-8-13(11-4-5-11)16-14(9-12)18-10-15(19-16)20-6-2-1-3-7-20;1-15(2,3)19-14(18)17-12-7-6-10(9-11(12)16)13-5-4-8-20-13/h7-8,11-12,15-18,20-21H,4-6,9-10,13-14,19H2,1-3H3,(H,35,39);1-2,5-6,11-14,16-17,29H,3-4,7-10,15,28H2;10-13H,2-9H2,1H3;8-11H,1-7H2,(H,21,22);4-9H,16H2,1-3H3,(H,17,18). The van der Waals surface area contributed by atoms with Gasteiger partial charge in [-0.05, 0) is 351 Å².